The largest absolute Gasteiger partial charge is 0.326 e. The predicted molar refractivity (Wildman–Crippen MR) is 41.7 cm³/mol. The van der Waals surface area contributed by atoms with Crippen LogP contribution in [-0.4, -0.2) is 30.6 Å². The number of rotatable bonds is 0. The van der Waals surface area contributed by atoms with Gasteiger partial charge in [-0.1, -0.05) is 0 Å². The third-order valence-electron chi connectivity index (χ3n) is 3.17. The summed E-state index contributed by atoms with van der Waals surface area (Å²) in [4.78, 5) is 2.42. The van der Waals surface area contributed by atoms with Gasteiger partial charge in [0.05, 0.1) is 0 Å². The quantitative estimate of drug-likeness (QED) is 0.528. The number of likely N-dealkylation sites (tertiary alicyclic amines) is 1. The highest BCUT2D eigenvalue weighted by Gasteiger charge is 2.36. The SMILES string of the molecule is CN1C[C@H](N)[C@@H]2CC[C@H]1C2. The predicted octanol–water partition coefficient (Wildman–Crippen LogP) is 0.428. The lowest BCUT2D eigenvalue weighted by Gasteiger charge is -2.33. The first kappa shape index (κ1) is 6.62. The molecule has 2 aliphatic rings. The fraction of sp³-hybridized carbons (Fsp3) is 1.00. The summed E-state index contributed by atoms with van der Waals surface area (Å²) >= 11 is 0. The maximum atomic E-state index is 5.96. The summed E-state index contributed by atoms with van der Waals surface area (Å²) in [6.45, 7) is 1.12. The highest BCUT2D eigenvalue weighted by molar-refractivity contribution is 4.93. The Balaban J connectivity index is 2.09. The van der Waals surface area contributed by atoms with Crippen LogP contribution < -0.4 is 5.73 Å². The van der Waals surface area contributed by atoms with E-state index in [4.69, 9.17) is 5.73 Å². The lowest BCUT2D eigenvalue weighted by molar-refractivity contribution is 0.172. The Morgan fingerprint density at radius 3 is 3.00 bits per heavy atom. The number of hydrogen-bond acceptors (Lipinski definition) is 2. The first-order valence-corrected chi connectivity index (χ1v) is 4.23. The van der Waals surface area contributed by atoms with Crippen molar-refractivity contribution in [3.05, 3.63) is 0 Å². The van der Waals surface area contributed by atoms with Gasteiger partial charge >= 0.3 is 0 Å². The number of nitrogens with zero attached hydrogens (tertiary/aromatic N) is 1. The first-order valence-electron chi connectivity index (χ1n) is 4.23. The Morgan fingerprint density at radius 2 is 2.20 bits per heavy atom. The van der Waals surface area contributed by atoms with Crippen LogP contribution in [0.1, 0.15) is 19.3 Å². The Labute approximate surface area is 62.4 Å². The topological polar surface area (TPSA) is 29.3 Å². The van der Waals surface area contributed by atoms with Crippen molar-refractivity contribution in [2.75, 3.05) is 13.6 Å². The highest BCUT2D eigenvalue weighted by atomic mass is 15.2. The summed E-state index contributed by atoms with van der Waals surface area (Å²) in [5, 5.41) is 0. The summed E-state index contributed by atoms with van der Waals surface area (Å²) in [6.07, 6.45) is 4.11. The van der Waals surface area contributed by atoms with E-state index in [0.29, 0.717) is 6.04 Å². The summed E-state index contributed by atoms with van der Waals surface area (Å²) in [5.74, 6) is 0.848. The van der Waals surface area contributed by atoms with E-state index in [0.717, 1.165) is 18.5 Å². The minimum atomic E-state index is 0.462. The van der Waals surface area contributed by atoms with Crippen molar-refractivity contribution in [3.63, 3.8) is 0 Å². The smallest absolute Gasteiger partial charge is 0.0197 e. The number of piperidine rings is 1. The molecular formula is C8H16N2. The van der Waals surface area contributed by atoms with Crippen LogP contribution in [0.5, 0.6) is 0 Å². The molecule has 0 aromatic rings. The molecule has 0 spiro atoms. The summed E-state index contributed by atoms with van der Waals surface area (Å²) in [5.41, 5.74) is 5.96. The van der Waals surface area contributed by atoms with Crippen molar-refractivity contribution in [3.8, 4) is 0 Å². The van der Waals surface area contributed by atoms with E-state index < -0.39 is 0 Å². The van der Waals surface area contributed by atoms with Gasteiger partial charge in [-0.25, -0.2) is 0 Å². The Hall–Kier alpha value is -0.0800. The van der Waals surface area contributed by atoms with Gasteiger partial charge in [0.15, 0.2) is 0 Å². The van der Waals surface area contributed by atoms with Gasteiger partial charge in [-0.15, -0.1) is 0 Å². The van der Waals surface area contributed by atoms with Gasteiger partial charge in [0, 0.05) is 18.6 Å². The molecule has 0 radical (unpaired) electrons. The molecule has 58 valence electrons. The number of fused-ring (bicyclic) bond motifs is 2. The maximum absolute atomic E-state index is 5.96. The van der Waals surface area contributed by atoms with Gasteiger partial charge in [-0.05, 0) is 32.2 Å². The van der Waals surface area contributed by atoms with Crippen LogP contribution in [0.4, 0.5) is 0 Å². The van der Waals surface area contributed by atoms with Crippen LogP contribution in [-0.2, 0) is 0 Å². The minimum Gasteiger partial charge on any atom is -0.326 e. The molecule has 2 N–H and O–H groups in total. The summed E-state index contributed by atoms with van der Waals surface area (Å²) < 4.78 is 0. The fourth-order valence-electron chi connectivity index (χ4n) is 2.41. The van der Waals surface area contributed by atoms with E-state index in [1.807, 2.05) is 0 Å². The van der Waals surface area contributed by atoms with Gasteiger partial charge in [-0.2, -0.15) is 0 Å². The van der Waals surface area contributed by atoms with Crippen LogP contribution in [0, 0.1) is 5.92 Å². The molecule has 0 aromatic carbocycles. The van der Waals surface area contributed by atoms with E-state index >= 15 is 0 Å². The summed E-state index contributed by atoms with van der Waals surface area (Å²) in [6, 6.07) is 1.33. The van der Waals surface area contributed by atoms with E-state index in [9.17, 15) is 0 Å². The van der Waals surface area contributed by atoms with Crippen LogP contribution in [0.2, 0.25) is 0 Å². The van der Waals surface area contributed by atoms with E-state index in [1.54, 1.807) is 0 Å². The second-order valence-corrected chi connectivity index (χ2v) is 3.83. The molecule has 2 fully saturated rings. The van der Waals surface area contributed by atoms with Crippen molar-refractivity contribution in [1.29, 1.82) is 0 Å². The molecule has 1 aliphatic carbocycles. The number of hydrogen-bond donors (Lipinski definition) is 1. The molecule has 1 saturated heterocycles. The van der Waals surface area contributed by atoms with E-state index in [2.05, 4.69) is 11.9 Å². The van der Waals surface area contributed by atoms with Crippen molar-refractivity contribution in [1.82, 2.24) is 4.90 Å². The van der Waals surface area contributed by atoms with Crippen LogP contribution in [0.3, 0.4) is 0 Å². The molecule has 2 bridgehead atoms. The third-order valence-corrected chi connectivity index (χ3v) is 3.17. The summed E-state index contributed by atoms with van der Waals surface area (Å²) in [7, 11) is 2.20. The lowest BCUT2D eigenvalue weighted by atomic mass is 9.95. The molecule has 0 aromatic heterocycles. The third kappa shape index (κ3) is 0.867. The average Bonchev–Trinajstić information content (AvgIpc) is 2.28. The number of nitrogens with two attached hydrogens (primary N) is 1. The van der Waals surface area contributed by atoms with Crippen LogP contribution in [0.25, 0.3) is 0 Å². The van der Waals surface area contributed by atoms with Crippen LogP contribution >= 0.6 is 0 Å². The second kappa shape index (κ2) is 2.21. The molecule has 10 heavy (non-hydrogen) atoms. The van der Waals surface area contributed by atoms with Crippen molar-refractivity contribution >= 4 is 0 Å². The van der Waals surface area contributed by atoms with Crippen molar-refractivity contribution in [2.45, 2.75) is 31.3 Å². The molecule has 2 heteroatoms. The Morgan fingerprint density at radius 1 is 1.40 bits per heavy atom. The lowest BCUT2D eigenvalue weighted by Crippen LogP contribution is -2.47. The van der Waals surface area contributed by atoms with E-state index in [1.165, 1.54) is 19.3 Å². The molecule has 1 heterocycles. The fourth-order valence-corrected chi connectivity index (χ4v) is 2.41. The van der Waals surface area contributed by atoms with Crippen molar-refractivity contribution in [2.24, 2.45) is 11.7 Å². The van der Waals surface area contributed by atoms with Gasteiger partial charge in [0.25, 0.3) is 0 Å². The molecule has 2 rings (SSSR count). The molecular weight excluding hydrogens is 124 g/mol. The number of likely N-dealkylation sites (N-methyl/N-ethyl adjacent to an activating group) is 1. The highest BCUT2D eigenvalue weighted by Crippen LogP contribution is 2.34. The van der Waals surface area contributed by atoms with Gasteiger partial charge in [0.2, 0.25) is 0 Å². The van der Waals surface area contributed by atoms with Gasteiger partial charge in [0.1, 0.15) is 0 Å². The average molecular weight is 140 g/mol. The zero-order chi connectivity index (χ0) is 7.14. The minimum absolute atomic E-state index is 0.462. The normalized spacial score (nSPS) is 48.0. The first-order chi connectivity index (χ1) is 4.77. The molecule has 1 saturated carbocycles. The maximum Gasteiger partial charge on any atom is 0.0197 e. The zero-order valence-electron chi connectivity index (χ0n) is 6.59. The standard InChI is InChI=1S/C8H16N2/c1-10-5-8(9)6-2-3-7(10)4-6/h6-8H,2-5,9H2,1H3/t6-,7+,8+/m1/s1. The molecule has 1 aliphatic heterocycles. The zero-order valence-corrected chi connectivity index (χ0v) is 6.59. The van der Waals surface area contributed by atoms with Crippen molar-refractivity contribution < 1.29 is 0 Å². The molecule has 0 amide bonds. The molecule has 3 atom stereocenters. The van der Waals surface area contributed by atoms with Gasteiger partial charge < -0.3 is 10.6 Å². The monoisotopic (exact) mass is 140 g/mol. The molecule has 2 nitrogen and oxygen atoms in total. The Bertz CT molecular complexity index is 121. The van der Waals surface area contributed by atoms with Gasteiger partial charge in [-0.3, -0.25) is 0 Å². The molecule has 0 unspecified atom stereocenters. The van der Waals surface area contributed by atoms with Crippen LogP contribution in [0.15, 0.2) is 0 Å². The van der Waals surface area contributed by atoms with E-state index in [-0.39, 0.29) is 0 Å². The Kier molecular flexibility index (Phi) is 1.46. The second-order valence-electron chi connectivity index (χ2n) is 3.83.